The van der Waals surface area contributed by atoms with Crippen molar-refractivity contribution in [2.75, 3.05) is 6.61 Å². The van der Waals surface area contributed by atoms with Crippen LogP contribution in [0.4, 0.5) is 8.78 Å². The van der Waals surface area contributed by atoms with E-state index in [9.17, 15) is 13.6 Å². The number of ether oxygens (including phenoxy) is 1. The molecule has 0 spiro atoms. The summed E-state index contributed by atoms with van der Waals surface area (Å²) in [4.78, 5) is 10.1. The highest BCUT2D eigenvalue weighted by Crippen LogP contribution is 2.09. The molecule has 0 atom stereocenters. The first-order chi connectivity index (χ1) is 7.09. The zero-order valence-electron chi connectivity index (χ0n) is 7.87. The van der Waals surface area contributed by atoms with Gasteiger partial charge in [0.05, 0.1) is 19.6 Å². The lowest BCUT2D eigenvalue weighted by Gasteiger charge is -2.03. The number of hydrogen-bond acceptors (Lipinski definition) is 2. The van der Waals surface area contributed by atoms with Crippen molar-refractivity contribution >= 4 is 5.97 Å². The van der Waals surface area contributed by atoms with Gasteiger partial charge in [0.25, 0.3) is 0 Å². The summed E-state index contributed by atoms with van der Waals surface area (Å²) in [5, 5.41) is 8.30. The fourth-order valence-corrected chi connectivity index (χ4v) is 0.979. The van der Waals surface area contributed by atoms with Crippen molar-refractivity contribution in [1.29, 1.82) is 0 Å². The summed E-state index contributed by atoms with van der Waals surface area (Å²) in [5.74, 6) is -2.81. The Kier molecular flexibility index (Phi) is 4.17. The molecule has 1 rings (SSSR count). The molecule has 1 N–H and O–H groups in total. The van der Waals surface area contributed by atoms with Gasteiger partial charge in [-0.2, -0.15) is 0 Å². The number of rotatable bonds is 5. The third-order valence-corrected chi connectivity index (χ3v) is 1.71. The van der Waals surface area contributed by atoms with Gasteiger partial charge in [-0.15, -0.1) is 0 Å². The molecule has 0 bridgehead atoms. The molecule has 0 aliphatic rings. The Hall–Kier alpha value is -1.49. The first-order valence-electron chi connectivity index (χ1n) is 4.33. The van der Waals surface area contributed by atoms with E-state index >= 15 is 0 Å². The second kappa shape index (κ2) is 5.41. The van der Waals surface area contributed by atoms with Crippen LogP contribution in [0.3, 0.4) is 0 Å². The summed E-state index contributed by atoms with van der Waals surface area (Å²) < 4.78 is 30.1. The lowest BCUT2D eigenvalue weighted by molar-refractivity contribution is -0.138. The number of carboxylic acid groups (broad SMARTS) is 1. The molecule has 0 radical (unpaired) electrons. The van der Waals surface area contributed by atoms with Gasteiger partial charge in [0.15, 0.2) is 11.6 Å². The van der Waals surface area contributed by atoms with E-state index in [1.807, 2.05) is 0 Å². The number of halogens is 2. The third-order valence-electron chi connectivity index (χ3n) is 1.71. The highest BCUT2D eigenvalue weighted by atomic mass is 19.2. The lowest BCUT2D eigenvalue weighted by atomic mass is 10.2. The quantitative estimate of drug-likeness (QED) is 0.765. The fourth-order valence-electron chi connectivity index (χ4n) is 0.979. The molecule has 0 unspecified atom stereocenters. The van der Waals surface area contributed by atoms with E-state index in [1.165, 1.54) is 6.07 Å². The van der Waals surface area contributed by atoms with Gasteiger partial charge in [-0.25, -0.2) is 8.78 Å². The number of benzene rings is 1. The summed E-state index contributed by atoms with van der Waals surface area (Å²) in [6.45, 7) is 0.124. The van der Waals surface area contributed by atoms with Crippen molar-refractivity contribution in [1.82, 2.24) is 0 Å². The molecule has 1 aromatic rings. The van der Waals surface area contributed by atoms with Crippen molar-refractivity contribution < 1.29 is 23.4 Å². The van der Waals surface area contributed by atoms with Crippen LogP contribution in [0.2, 0.25) is 0 Å². The molecular weight excluding hydrogens is 206 g/mol. The average molecular weight is 216 g/mol. The second-order valence-corrected chi connectivity index (χ2v) is 2.94. The molecule has 5 heteroatoms. The second-order valence-electron chi connectivity index (χ2n) is 2.94. The molecule has 0 saturated carbocycles. The van der Waals surface area contributed by atoms with Gasteiger partial charge in [-0.05, 0) is 17.7 Å². The molecule has 0 heterocycles. The molecule has 3 nitrogen and oxygen atoms in total. The maximum atomic E-state index is 12.7. The Morgan fingerprint density at radius 2 is 2.07 bits per heavy atom. The first kappa shape index (κ1) is 11.6. The standard InChI is InChI=1S/C10H10F2O3/c11-8-2-1-7(5-9(8)12)6-15-4-3-10(13)14/h1-2,5H,3-4,6H2,(H,13,14). The Morgan fingerprint density at radius 1 is 1.33 bits per heavy atom. The minimum absolute atomic E-state index is 0.0499. The van der Waals surface area contributed by atoms with Crippen molar-refractivity contribution in [3.63, 3.8) is 0 Å². The van der Waals surface area contributed by atoms with E-state index in [1.54, 1.807) is 0 Å². The minimum atomic E-state index is -0.958. The van der Waals surface area contributed by atoms with Gasteiger partial charge in [-0.1, -0.05) is 6.07 Å². The maximum Gasteiger partial charge on any atom is 0.305 e. The van der Waals surface area contributed by atoms with Crippen molar-refractivity contribution in [3.8, 4) is 0 Å². The molecule has 1 aromatic carbocycles. The van der Waals surface area contributed by atoms with Crippen molar-refractivity contribution in [2.24, 2.45) is 0 Å². The van der Waals surface area contributed by atoms with Gasteiger partial charge in [0, 0.05) is 0 Å². The molecule has 15 heavy (non-hydrogen) atoms. The molecule has 0 aliphatic carbocycles. The van der Waals surface area contributed by atoms with Gasteiger partial charge < -0.3 is 9.84 Å². The SMILES string of the molecule is O=C(O)CCOCc1ccc(F)c(F)c1. The number of carbonyl (C=O) groups is 1. The first-order valence-corrected chi connectivity index (χ1v) is 4.33. The maximum absolute atomic E-state index is 12.7. The van der Waals surface area contributed by atoms with Crippen LogP contribution in [0.1, 0.15) is 12.0 Å². The molecule has 82 valence electrons. The van der Waals surface area contributed by atoms with E-state index < -0.39 is 17.6 Å². The summed E-state index contributed by atoms with van der Waals surface area (Å²) in [5.41, 5.74) is 0.472. The van der Waals surface area contributed by atoms with Gasteiger partial charge in [-0.3, -0.25) is 4.79 Å². The largest absolute Gasteiger partial charge is 0.481 e. The summed E-state index contributed by atoms with van der Waals surface area (Å²) in [6.07, 6.45) is -0.107. The smallest absolute Gasteiger partial charge is 0.305 e. The predicted octanol–water partition coefficient (Wildman–Crippen LogP) is 1.96. The van der Waals surface area contributed by atoms with E-state index in [-0.39, 0.29) is 19.6 Å². The number of aliphatic carboxylic acids is 1. The lowest BCUT2D eigenvalue weighted by Crippen LogP contribution is -2.03. The van der Waals surface area contributed by atoms with Gasteiger partial charge in [0.1, 0.15) is 0 Å². The van der Waals surface area contributed by atoms with Crippen LogP contribution in [-0.4, -0.2) is 17.7 Å². The van der Waals surface area contributed by atoms with Crippen LogP contribution in [0.15, 0.2) is 18.2 Å². The zero-order valence-corrected chi connectivity index (χ0v) is 7.87. The normalized spacial score (nSPS) is 10.3. The molecule has 0 aliphatic heterocycles. The Morgan fingerprint density at radius 3 is 2.67 bits per heavy atom. The van der Waals surface area contributed by atoms with Crippen LogP contribution < -0.4 is 0 Å². The van der Waals surface area contributed by atoms with E-state index in [0.29, 0.717) is 5.56 Å². The number of carboxylic acids is 1. The van der Waals surface area contributed by atoms with E-state index in [2.05, 4.69) is 0 Å². The van der Waals surface area contributed by atoms with Gasteiger partial charge >= 0.3 is 5.97 Å². The van der Waals surface area contributed by atoms with E-state index in [0.717, 1.165) is 12.1 Å². The van der Waals surface area contributed by atoms with E-state index in [4.69, 9.17) is 9.84 Å². The fraction of sp³-hybridized carbons (Fsp3) is 0.300. The third kappa shape index (κ3) is 4.03. The molecule has 0 amide bonds. The van der Waals surface area contributed by atoms with Crippen LogP contribution in [-0.2, 0) is 16.1 Å². The Bertz CT molecular complexity index is 353. The van der Waals surface area contributed by atoms with Crippen LogP contribution >= 0.6 is 0 Å². The topological polar surface area (TPSA) is 46.5 Å². The molecular formula is C10H10F2O3. The minimum Gasteiger partial charge on any atom is -0.481 e. The predicted molar refractivity (Wildman–Crippen MR) is 48.3 cm³/mol. The summed E-state index contributed by atoms with van der Waals surface area (Å²) in [6, 6.07) is 3.42. The molecule has 0 fully saturated rings. The summed E-state index contributed by atoms with van der Waals surface area (Å²) in [7, 11) is 0. The average Bonchev–Trinajstić information content (AvgIpc) is 2.18. The van der Waals surface area contributed by atoms with Crippen molar-refractivity contribution in [2.45, 2.75) is 13.0 Å². The van der Waals surface area contributed by atoms with Gasteiger partial charge in [0.2, 0.25) is 0 Å². The Labute approximate surface area is 85.3 Å². The Balaban J connectivity index is 2.38. The van der Waals surface area contributed by atoms with Crippen LogP contribution in [0, 0.1) is 11.6 Å². The van der Waals surface area contributed by atoms with Crippen LogP contribution in [0.5, 0.6) is 0 Å². The molecule has 0 saturated heterocycles. The van der Waals surface area contributed by atoms with Crippen molar-refractivity contribution in [3.05, 3.63) is 35.4 Å². The highest BCUT2D eigenvalue weighted by molar-refractivity contribution is 5.66. The van der Waals surface area contributed by atoms with Crippen LogP contribution in [0.25, 0.3) is 0 Å². The summed E-state index contributed by atoms with van der Waals surface area (Å²) >= 11 is 0. The monoisotopic (exact) mass is 216 g/mol. The molecule has 0 aromatic heterocycles. The number of hydrogen-bond donors (Lipinski definition) is 1. The highest BCUT2D eigenvalue weighted by Gasteiger charge is 2.03. The zero-order chi connectivity index (χ0) is 11.3.